The summed E-state index contributed by atoms with van der Waals surface area (Å²) in [6.45, 7) is 1.70. The van der Waals surface area contributed by atoms with Crippen LogP contribution in [0.2, 0.25) is 0 Å². The first kappa shape index (κ1) is 17.9. The Hall–Kier alpha value is -2.86. The van der Waals surface area contributed by atoms with Gasteiger partial charge < -0.3 is 19.9 Å². The summed E-state index contributed by atoms with van der Waals surface area (Å²) in [6, 6.07) is 14.9. The number of methoxy groups -OCH3 is 1. The molecule has 2 N–H and O–H groups in total. The Morgan fingerprint density at radius 3 is 2.12 bits per heavy atom. The van der Waals surface area contributed by atoms with Gasteiger partial charge in [-0.3, -0.25) is 0 Å². The van der Waals surface area contributed by atoms with E-state index in [0.717, 1.165) is 22.3 Å². The van der Waals surface area contributed by atoms with Crippen molar-refractivity contribution in [1.82, 2.24) is 5.32 Å². The summed E-state index contributed by atoms with van der Waals surface area (Å²) in [5.74, 6) is -1.25. The van der Waals surface area contributed by atoms with E-state index < -0.39 is 24.2 Å². The fraction of sp³-hybridized carbons (Fsp3) is 0.300. The van der Waals surface area contributed by atoms with Gasteiger partial charge in [-0.05, 0) is 29.2 Å². The zero-order valence-corrected chi connectivity index (χ0v) is 14.6. The average Bonchev–Trinajstić information content (AvgIpc) is 2.97. The second-order valence-corrected chi connectivity index (χ2v) is 6.23. The number of ether oxygens (including phenoxy) is 2. The lowest BCUT2D eigenvalue weighted by Gasteiger charge is -2.21. The first-order valence-electron chi connectivity index (χ1n) is 8.40. The molecule has 0 radical (unpaired) electrons. The fourth-order valence-electron chi connectivity index (χ4n) is 3.28. The van der Waals surface area contributed by atoms with E-state index >= 15 is 0 Å². The van der Waals surface area contributed by atoms with Crippen molar-refractivity contribution in [3.63, 3.8) is 0 Å². The molecular formula is C20H21NO5. The van der Waals surface area contributed by atoms with Gasteiger partial charge >= 0.3 is 12.1 Å². The lowest BCUT2D eigenvalue weighted by atomic mass is 9.98. The van der Waals surface area contributed by atoms with E-state index in [0.29, 0.717) is 0 Å². The molecule has 0 aromatic heterocycles. The molecule has 0 bridgehead atoms. The van der Waals surface area contributed by atoms with Crippen LogP contribution in [0.3, 0.4) is 0 Å². The highest BCUT2D eigenvalue weighted by atomic mass is 16.5. The van der Waals surface area contributed by atoms with Gasteiger partial charge in [0.05, 0.1) is 6.10 Å². The standard InChI is InChI=1S/C20H21NO5/c1-12(25-2)18(19(22)23)21-20(24)26-11-17-15-9-5-3-7-13(15)14-8-4-6-10-16(14)17/h3-10,12,17-18H,11H2,1-2H3,(H,21,24)(H,22,23)/t12-,18+/m1/s1. The molecule has 0 spiro atoms. The fourth-order valence-corrected chi connectivity index (χ4v) is 3.28. The van der Waals surface area contributed by atoms with Gasteiger partial charge in [0, 0.05) is 13.0 Å². The number of hydrogen-bond acceptors (Lipinski definition) is 4. The Kier molecular flexibility index (Phi) is 5.23. The Labute approximate surface area is 151 Å². The van der Waals surface area contributed by atoms with Crippen molar-refractivity contribution >= 4 is 12.1 Å². The molecule has 0 unspecified atom stereocenters. The van der Waals surface area contributed by atoms with Gasteiger partial charge in [-0.2, -0.15) is 0 Å². The Morgan fingerprint density at radius 2 is 1.62 bits per heavy atom. The third kappa shape index (κ3) is 3.41. The lowest BCUT2D eigenvalue weighted by Crippen LogP contribution is -2.48. The van der Waals surface area contributed by atoms with Gasteiger partial charge in [0.15, 0.2) is 6.04 Å². The van der Waals surface area contributed by atoms with E-state index in [1.165, 1.54) is 7.11 Å². The van der Waals surface area contributed by atoms with Gasteiger partial charge in [0.2, 0.25) is 0 Å². The molecule has 6 heteroatoms. The zero-order valence-electron chi connectivity index (χ0n) is 14.6. The average molecular weight is 355 g/mol. The molecular weight excluding hydrogens is 334 g/mol. The first-order chi connectivity index (χ1) is 12.5. The van der Waals surface area contributed by atoms with Crippen LogP contribution in [0.15, 0.2) is 48.5 Å². The van der Waals surface area contributed by atoms with Crippen LogP contribution in [0.1, 0.15) is 24.0 Å². The normalized spacial score (nSPS) is 14.8. The van der Waals surface area contributed by atoms with Crippen LogP contribution in [0, 0.1) is 0 Å². The molecule has 136 valence electrons. The number of aliphatic carboxylic acids is 1. The molecule has 0 fully saturated rings. The molecule has 1 aliphatic carbocycles. The number of carboxylic acid groups (broad SMARTS) is 1. The number of fused-ring (bicyclic) bond motifs is 3. The molecule has 26 heavy (non-hydrogen) atoms. The van der Waals surface area contributed by atoms with Crippen LogP contribution in [0.5, 0.6) is 0 Å². The number of hydrogen-bond donors (Lipinski definition) is 2. The van der Waals surface area contributed by atoms with E-state index in [1.807, 2.05) is 36.4 Å². The predicted octanol–water partition coefficient (Wildman–Crippen LogP) is 3.01. The number of rotatable bonds is 6. The third-order valence-corrected chi connectivity index (χ3v) is 4.72. The molecule has 3 rings (SSSR count). The molecule has 2 atom stereocenters. The second kappa shape index (κ2) is 7.58. The monoisotopic (exact) mass is 355 g/mol. The molecule has 1 amide bonds. The van der Waals surface area contributed by atoms with E-state index in [-0.39, 0.29) is 12.5 Å². The summed E-state index contributed by atoms with van der Waals surface area (Å²) in [5.41, 5.74) is 4.46. The molecule has 6 nitrogen and oxygen atoms in total. The number of carboxylic acids is 1. The second-order valence-electron chi connectivity index (χ2n) is 6.23. The van der Waals surface area contributed by atoms with Crippen LogP contribution in [0.25, 0.3) is 11.1 Å². The maximum absolute atomic E-state index is 12.1. The number of alkyl carbamates (subject to hydrolysis) is 1. The molecule has 2 aromatic rings. The quantitative estimate of drug-likeness (QED) is 0.832. The van der Waals surface area contributed by atoms with Gasteiger partial charge in [-0.25, -0.2) is 9.59 Å². The minimum absolute atomic E-state index is 0.0729. The van der Waals surface area contributed by atoms with Crippen molar-refractivity contribution in [3.8, 4) is 11.1 Å². The Morgan fingerprint density at radius 1 is 1.08 bits per heavy atom. The van der Waals surface area contributed by atoms with Crippen molar-refractivity contribution in [1.29, 1.82) is 0 Å². The van der Waals surface area contributed by atoms with E-state index in [4.69, 9.17) is 9.47 Å². The van der Waals surface area contributed by atoms with Crippen molar-refractivity contribution in [3.05, 3.63) is 59.7 Å². The summed E-state index contributed by atoms with van der Waals surface area (Å²) >= 11 is 0. The molecule has 0 saturated carbocycles. The smallest absolute Gasteiger partial charge is 0.407 e. The molecule has 1 aliphatic rings. The van der Waals surface area contributed by atoms with Crippen molar-refractivity contribution in [2.45, 2.75) is 25.0 Å². The van der Waals surface area contributed by atoms with Gasteiger partial charge in [0.1, 0.15) is 6.61 Å². The summed E-state index contributed by atoms with van der Waals surface area (Å²) in [6.07, 6.45) is -1.45. The van der Waals surface area contributed by atoms with Crippen LogP contribution in [-0.2, 0) is 14.3 Å². The number of nitrogens with one attached hydrogen (secondary N) is 1. The van der Waals surface area contributed by atoms with Crippen molar-refractivity contribution in [2.75, 3.05) is 13.7 Å². The van der Waals surface area contributed by atoms with Crippen molar-refractivity contribution < 1.29 is 24.2 Å². The minimum Gasteiger partial charge on any atom is -0.480 e. The zero-order chi connectivity index (χ0) is 18.7. The van der Waals surface area contributed by atoms with Crippen LogP contribution in [0.4, 0.5) is 4.79 Å². The number of carbonyl (C=O) groups excluding carboxylic acids is 1. The summed E-state index contributed by atoms with van der Waals surface area (Å²) < 4.78 is 10.3. The van der Waals surface area contributed by atoms with Crippen LogP contribution >= 0.6 is 0 Å². The van der Waals surface area contributed by atoms with Gasteiger partial charge in [0.25, 0.3) is 0 Å². The van der Waals surface area contributed by atoms with Gasteiger partial charge in [-0.15, -0.1) is 0 Å². The molecule has 0 heterocycles. The van der Waals surface area contributed by atoms with Crippen LogP contribution in [-0.4, -0.2) is 43.0 Å². The third-order valence-electron chi connectivity index (χ3n) is 4.72. The number of amides is 1. The summed E-state index contributed by atoms with van der Waals surface area (Å²) in [4.78, 5) is 23.4. The summed E-state index contributed by atoms with van der Waals surface area (Å²) in [5, 5.41) is 11.6. The topological polar surface area (TPSA) is 84.9 Å². The Balaban J connectivity index is 1.72. The highest BCUT2D eigenvalue weighted by Gasteiger charge is 2.31. The highest BCUT2D eigenvalue weighted by molar-refractivity contribution is 5.81. The maximum atomic E-state index is 12.1. The predicted molar refractivity (Wildman–Crippen MR) is 96.1 cm³/mol. The summed E-state index contributed by atoms with van der Waals surface area (Å²) in [7, 11) is 1.39. The Bertz CT molecular complexity index is 774. The van der Waals surface area contributed by atoms with Crippen LogP contribution < -0.4 is 5.32 Å². The van der Waals surface area contributed by atoms with Gasteiger partial charge in [-0.1, -0.05) is 48.5 Å². The highest BCUT2D eigenvalue weighted by Crippen LogP contribution is 2.44. The lowest BCUT2D eigenvalue weighted by molar-refractivity contribution is -0.142. The number of carbonyl (C=O) groups is 2. The maximum Gasteiger partial charge on any atom is 0.407 e. The van der Waals surface area contributed by atoms with E-state index in [1.54, 1.807) is 6.92 Å². The van der Waals surface area contributed by atoms with E-state index in [9.17, 15) is 14.7 Å². The largest absolute Gasteiger partial charge is 0.480 e. The van der Waals surface area contributed by atoms with E-state index in [2.05, 4.69) is 17.4 Å². The first-order valence-corrected chi connectivity index (χ1v) is 8.40. The van der Waals surface area contributed by atoms with Crippen molar-refractivity contribution in [2.24, 2.45) is 0 Å². The molecule has 2 aromatic carbocycles. The number of benzene rings is 2. The minimum atomic E-state index is -1.17. The molecule has 0 saturated heterocycles. The molecule has 0 aliphatic heterocycles. The SMILES string of the molecule is CO[C@H](C)[C@H](NC(=O)OCC1c2ccccc2-c2ccccc21)C(=O)O.